The normalized spacial score (nSPS) is 46.5. The Balaban J connectivity index is 3.04. The summed E-state index contributed by atoms with van der Waals surface area (Å²) in [5.41, 5.74) is 3.05. The number of ketones is 1. The van der Waals surface area contributed by atoms with Crippen LogP contribution in [0.5, 0.6) is 0 Å². The molecule has 7 nitrogen and oxygen atoms in total. The molecule has 1 aliphatic rings. The molecule has 88 valence electrons. The number of ether oxygens (including phenoxy) is 1. The molecule has 0 radical (unpaired) electrons. The standard InChI is InChI=1S/C8H15NO6/c1-3(11)8(14)4(2-10)15-7(13)5(9)6(8)12/h4-7,10,12-14H,2,9H2,1H3/t4-,5-,6-,7?,8-/m1/s1. The van der Waals surface area contributed by atoms with Crippen LogP contribution in [0.25, 0.3) is 0 Å². The van der Waals surface area contributed by atoms with Gasteiger partial charge in [0.15, 0.2) is 17.7 Å². The summed E-state index contributed by atoms with van der Waals surface area (Å²) in [6, 6.07) is -1.30. The lowest BCUT2D eigenvalue weighted by molar-refractivity contribution is -0.278. The molecule has 0 amide bonds. The number of hydrogen-bond donors (Lipinski definition) is 5. The summed E-state index contributed by atoms with van der Waals surface area (Å²) in [5, 5.41) is 37.6. The summed E-state index contributed by atoms with van der Waals surface area (Å²) >= 11 is 0. The van der Waals surface area contributed by atoms with Crippen LogP contribution in [-0.4, -0.2) is 63.0 Å². The summed E-state index contributed by atoms with van der Waals surface area (Å²) < 4.78 is 4.74. The Bertz CT molecular complexity index is 256. The molecule has 1 saturated heterocycles. The monoisotopic (exact) mass is 221 g/mol. The van der Waals surface area contributed by atoms with Crippen LogP contribution < -0.4 is 5.73 Å². The number of nitrogens with two attached hydrogens (primary N) is 1. The van der Waals surface area contributed by atoms with Crippen molar-refractivity contribution >= 4 is 5.78 Å². The highest BCUT2D eigenvalue weighted by Crippen LogP contribution is 2.29. The third kappa shape index (κ3) is 1.78. The molecule has 0 bridgehead atoms. The van der Waals surface area contributed by atoms with Gasteiger partial charge in [-0.15, -0.1) is 0 Å². The smallest absolute Gasteiger partial charge is 0.178 e. The number of carbonyl (C=O) groups is 1. The second kappa shape index (κ2) is 4.12. The first-order valence-corrected chi connectivity index (χ1v) is 4.47. The van der Waals surface area contributed by atoms with Crippen LogP contribution in [0.4, 0.5) is 0 Å². The zero-order valence-corrected chi connectivity index (χ0v) is 8.20. The molecular weight excluding hydrogens is 206 g/mol. The van der Waals surface area contributed by atoms with Gasteiger partial charge in [0.05, 0.1) is 12.6 Å². The lowest BCUT2D eigenvalue weighted by atomic mass is 9.80. The summed E-state index contributed by atoms with van der Waals surface area (Å²) in [4.78, 5) is 11.2. The van der Waals surface area contributed by atoms with Crippen molar-refractivity contribution < 1.29 is 30.0 Å². The van der Waals surface area contributed by atoms with Crippen LogP contribution >= 0.6 is 0 Å². The molecule has 1 aliphatic heterocycles. The van der Waals surface area contributed by atoms with E-state index in [1.807, 2.05) is 0 Å². The van der Waals surface area contributed by atoms with Crippen molar-refractivity contribution in [2.75, 3.05) is 6.61 Å². The first-order valence-electron chi connectivity index (χ1n) is 4.47. The topological polar surface area (TPSA) is 133 Å². The van der Waals surface area contributed by atoms with Gasteiger partial charge in [0.1, 0.15) is 12.2 Å². The lowest BCUT2D eigenvalue weighted by Gasteiger charge is -2.45. The summed E-state index contributed by atoms with van der Waals surface area (Å²) in [7, 11) is 0. The van der Waals surface area contributed by atoms with Gasteiger partial charge >= 0.3 is 0 Å². The maximum Gasteiger partial charge on any atom is 0.178 e. The second-order valence-corrected chi connectivity index (χ2v) is 3.60. The van der Waals surface area contributed by atoms with Crippen LogP contribution in [0.2, 0.25) is 0 Å². The van der Waals surface area contributed by atoms with Gasteiger partial charge < -0.3 is 30.9 Å². The van der Waals surface area contributed by atoms with Crippen molar-refractivity contribution in [3.63, 3.8) is 0 Å². The zero-order chi connectivity index (χ0) is 11.8. The molecule has 0 aliphatic carbocycles. The van der Waals surface area contributed by atoms with Crippen molar-refractivity contribution in [3.8, 4) is 0 Å². The van der Waals surface area contributed by atoms with E-state index >= 15 is 0 Å². The Morgan fingerprint density at radius 3 is 2.47 bits per heavy atom. The highest BCUT2D eigenvalue weighted by Gasteiger charge is 2.56. The highest BCUT2D eigenvalue weighted by molar-refractivity contribution is 5.86. The minimum atomic E-state index is -2.28. The van der Waals surface area contributed by atoms with E-state index in [1.165, 1.54) is 0 Å². The first kappa shape index (κ1) is 12.5. The molecule has 1 unspecified atom stereocenters. The van der Waals surface area contributed by atoms with Gasteiger partial charge in [-0.3, -0.25) is 4.79 Å². The van der Waals surface area contributed by atoms with E-state index < -0.39 is 42.5 Å². The SMILES string of the molecule is CC(=O)[C@]1(O)[C@H](O)[C@@H](N)C(O)O[C@@H]1CO. The lowest BCUT2D eigenvalue weighted by Crippen LogP contribution is -2.71. The van der Waals surface area contributed by atoms with Crippen LogP contribution in [0.15, 0.2) is 0 Å². The maximum absolute atomic E-state index is 11.2. The number of hydrogen-bond acceptors (Lipinski definition) is 7. The third-order valence-electron chi connectivity index (χ3n) is 2.67. The van der Waals surface area contributed by atoms with E-state index in [-0.39, 0.29) is 0 Å². The largest absolute Gasteiger partial charge is 0.394 e. The molecule has 0 aromatic rings. The quantitative estimate of drug-likeness (QED) is 0.330. The first-order chi connectivity index (χ1) is 6.85. The number of carbonyl (C=O) groups excluding carboxylic acids is 1. The van der Waals surface area contributed by atoms with Gasteiger partial charge in [-0.05, 0) is 6.92 Å². The average molecular weight is 221 g/mol. The van der Waals surface area contributed by atoms with Crippen molar-refractivity contribution in [3.05, 3.63) is 0 Å². The van der Waals surface area contributed by atoms with Crippen LogP contribution in [0.1, 0.15) is 6.92 Å². The molecule has 0 aromatic carbocycles. The van der Waals surface area contributed by atoms with Crippen molar-refractivity contribution in [2.24, 2.45) is 5.73 Å². The average Bonchev–Trinajstić information content (AvgIpc) is 2.20. The zero-order valence-electron chi connectivity index (χ0n) is 8.20. The molecule has 7 heteroatoms. The Morgan fingerprint density at radius 2 is 2.07 bits per heavy atom. The van der Waals surface area contributed by atoms with Crippen LogP contribution in [0, 0.1) is 0 Å². The van der Waals surface area contributed by atoms with Gasteiger partial charge in [-0.25, -0.2) is 0 Å². The molecule has 1 rings (SSSR count). The molecule has 1 fully saturated rings. The maximum atomic E-state index is 11.2. The van der Waals surface area contributed by atoms with E-state index in [0.717, 1.165) is 6.92 Å². The molecule has 15 heavy (non-hydrogen) atoms. The number of Topliss-reactive ketones (excluding diaryl/α,β-unsaturated/α-hetero) is 1. The minimum absolute atomic E-state index is 0.711. The minimum Gasteiger partial charge on any atom is -0.394 e. The molecular formula is C8H15NO6. The van der Waals surface area contributed by atoms with Crippen molar-refractivity contribution in [2.45, 2.75) is 37.1 Å². The van der Waals surface area contributed by atoms with Crippen molar-refractivity contribution in [1.29, 1.82) is 0 Å². The Hall–Kier alpha value is -0.570. The highest BCUT2D eigenvalue weighted by atomic mass is 16.6. The van der Waals surface area contributed by atoms with Gasteiger partial charge in [-0.1, -0.05) is 0 Å². The third-order valence-corrected chi connectivity index (χ3v) is 2.67. The van der Waals surface area contributed by atoms with Gasteiger partial charge in [0.2, 0.25) is 0 Å². The van der Waals surface area contributed by atoms with E-state index in [9.17, 15) is 20.1 Å². The van der Waals surface area contributed by atoms with Crippen LogP contribution in [-0.2, 0) is 9.53 Å². The molecule has 6 N–H and O–H groups in total. The van der Waals surface area contributed by atoms with Gasteiger partial charge in [-0.2, -0.15) is 0 Å². The Morgan fingerprint density at radius 1 is 1.53 bits per heavy atom. The van der Waals surface area contributed by atoms with Gasteiger partial charge in [0, 0.05) is 0 Å². The summed E-state index contributed by atoms with van der Waals surface area (Å²) in [5.74, 6) is -0.781. The summed E-state index contributed by atoms with van der Waals surface area (Å²) in [6.07, 6.45) is -4.60. The number of aliphatic hydroxyl groups excluding tert-OH is 3. The number of aliphatic hydroxyl groups is 4. The van der Waals surface area contributed by atoms with E-state index in [4.69, 9.17) is 15.6 Å². The molecule has 0 spiro atoms. The fraction of sp³-hybridized carbons (Fsp3) is 0.875. The Labute approximate surface area is 86.1 Å². The van der Waals surface area contributed by atoms with E-state index in [2.05, 4.69) is 0 Å². The fourth-order valence-corrected chi connectivity index (χ4v) is 1.62. The molecule has 5 atom stereocenters. The van der Waals surface area contributed by atoms with E-state index in [0.29, 0.717) is 0 Å². The Kier molecular flexibility index (Phi) is 3.44. The van der Waals surface area contributed by atoms with Gasteiger partial charge in [0.25, 0.3) is 0 Å². The molecule has 1 heterocycles. The predicted molar refractivity (Wildman–Crippen MR) is 47.6 cm³/mol. The predicted octanol–water partition coefficient (Wildman–Crippen LogP) is -3.30. The van der Waals surface area contributed by atoms with Crippen LogP contribution in [0.3, 0.4) is 0 Å². The second-order valence-electron chi connectivity index (χ2n) is 3.60. The summed E-state index contributed by atoms with van der Waals surface area (Å²) in [6.45, 7) is 0.330. The van der Waals surface area contributed by atoms with E-state index in [1.54, 1.807) is 0 Å². The fourth-order valence-electron chi connectivity index (χ4n) is 1.62. The van der Waals surface area contributed by atoms with Crippen molar-refractivity contribution in [1.82, 2.24) is 0 Å². The number of rotatable bonds is 2. The molecule has 0 aromatic heterocycles. The molecule has 0 saturated carbocycles.